The van der Waals surface area contributed by atoms with Crippen molar-refractivity contribution in [3.05, 3.63) is 35.9 Å². The second kappa shape index (κ2) is 7.41. The van der Waals surface area contributed by atoms with Gasteiger partial charge in [0.1, 0.15) is 0 Å². The third kappa shape index (κ3) is 5.35. The molecule has 0 heterocycles. The Morgan fingerprint density at radius 2 is 1.63 bits per heavy atom. The lowest BCUT2D eigenvalue weighted by atomic mass is 10.0. The summed E-state index contributed by atoms with van der Waals surface area (Å²) in [6.45, 7) is 0. The molecule has 7 heteroatoms. The van der Waals surface area contributed by atoms with Gasteiger partial charge in [-0.1, -0.05) is 97.0 Å². The third-order valence-electron chi connectivity index (χ3n) is 2.33. The van der Waals surface area contributed by atoms with Crippen LogP contribution >= 0.6 is 66.7 Å². The summed E-state index contributed by atoms with van der Waals surface area (Å²) < 4.78 is -2.06. The smallest absolute Gasteiger partial charge is 0.249 e. The van der Waals surface area contributed by atoms with E-state index < -0.39 is 20.8 Å². The lowest BCUT2D eigenvalue weighted by Gasteiger charge is -2.17. The highest BCUT2D eigenvalue weighted by Crippen LogP contribution is 2.34. The lowest BCUT2D eigenvalue weighted by Crippen LogP contribution is -2.27. The molecule has 104 valence electrons. The molecular weight excluding hydrogens is 442 g/mol. The fourth-order valence-corrected chi connectivity index (χ4v) is 2.59. The molecule has 1 aromatic carbocycles. The Balaban J connectivity index is 2.70. The summed E-state index contributed by atoms with van der Waals surface area (Å²) in [6.07, 6.45) is -0.429. The predicted molar refractivity (Wildman–Crippen MR) is 85.7 cm³/mol. The first-order valence-electron chi connectivity index (χ1n) is 5.19. The van der Waals surface area contributed by atoms with Crippen molar-refractivity contribution in [1.29, 1.82) is 0 Å². The molecule has 0 aliphatic heterocycles. The monoisotopic (exact) mass is 448 g/mol. The topological polar surface area (TPSA) is 34.1 Å². The standard InChI is InChI=1S/C12H9Br2Cl3O2/c13-10(7-4-2-1-3-5-7)11(14)8(18)6-9(19)12(15,16)17/h1-5,10-11H,6H2/t10-,11+/m0/s1. The molecule has 0 radical (unpaired) electrons. The van der Waals surface area contributed by atoms with Crippen molar-refractivity contribution in [2.75, 3.05) is 0 Å². The summed E-state index contributed by atoms with van der Waals surface area (Å²) in [4.78, 5) is 22.6. The average molecular weight is 451 g/mol. The largest absolute Gasteiger partial charge is 0.298 e. The number of benzene rings is 1. The molecule has 0 saturated heterocycles. The maximum Gasteiger partial charge on any atom is 0.249 e. The highest BCUT2D eigenvalue weighted by atomic mass is 79.9. The molecule has 19 heavy (non-hydrogen) atoms. The quantitative estimate of drug-likeness (QED) is 0.477. The molecule has 0 N–H and O–H groups in total. The molecule has 0 saturated carbocycles. The van der Waals surface area contributed by atoms with E-state index in [2.05, 4.69) is 31.9 Å². The fourth-order valence-electron chi connectivity index (χ4n) is 1.33. The van der Waals surface area contributed by atoms with Crippen LogP contribution in [0.5, 0.6) is 0 Å². The molecule has 2 nitrogen and oxygen atoms in total. The van der Waals surface area contributed by atoms with Crippen LogP contribution in [0.3, 0.4) is 0 Å². The van der Waals surface area contributed by atoms with E-state index in [4.69, 9.17) is 34.8 Å². The maximum atomic E-state index is 11.9. The number of ketones is 2. The SMILES string of the molecule is O=C(CC(=O)C(Cl)(Cl)Cl)[C@@H](Br)[C@@H](Br)c1ccccc1. The maximum absolute atomic E-state index is 11.9. The van der Waals surface area contributed by atoms with Crippen molar-refractivity contribution >= 4 is 78.2 Å². The van der Waals surface area contributed by atoms with Crippen molar-refractivity contribution < 1.29 is 9.59 Å². The van der Waals surface area contributed by atoms with E-state index in [9.17, 15) is 9.59 Å². The van der Waals surface area contributed by atoms with E-state index in [1.807, 2.05) is 30.3 Å². The van der Waals surface area contributed by atoms with Crippen molar-refractivity contribution in [2.45, 2.75) is 19.9 Å². The van der Waals surface area contributed by atoms with E-state index in [0.717, 1.165) is 5.56 Å². The molecule has 0 fully saturated rings. The number of alkyl halides is 5. The zero-order chi connectivity index (χ0) is 14.6. The van der Waals surface area contributed by atoms with Gasteiger partial charge in [-0.25, -0.2) is 0 Å². The highest BCUT2D eigenvalue weighted by Gasteiger charge is 2.34. The normalized spacial score (nSPS) is 14.8. The molecule has 0 spiro atoms. The summed E-state index contributed by atoms with van der Waals surface area (Å²) >= 11 is 23.0. The molecule has 0 aliphatic rings. The minimum atomic E-state index is -2.06. The second-order valence-corrected chi connectivity index (χ2v) is 8.03. The molecular formula is C12H9Br2Cl3O2. The van der Waals surface area contributed by atoms with Crippen LogP contribution in [0.4, 0.5) is 0 Å². The van der Waals surface area contributed by atoms with Crippen LogP contribution in [0, 0.1) is 0 Å². The van der Waals surface area contributed by atoms with Gasteiger partial charge in [0.15, 0.2) is 11.6 Å². The van der Waals surface area contributed by atoms with Crippen LogP contribution in [0.15, 0.2) is 30.3 Å². The first kappa shape index (κ1) is 17.4. The molecule has 1 rings (SSSR count). The predicted octanol–water partition coefficient (Wildman–Crippen LogP) is 4.78. The van der Waals surface area contributed by atoms with Crippen molar-refractivity contribution in [1.82, 2.24) is 0 Å². The number of rotatable bonds is 5. The van der Waals surface area contributed by atoms with Gasteiger partial charge in [0.05, 0.1) is 16.1 Å². The van der Waals surface area contributed by atoms with Crippen LogP contribution < -0.4 is 0 Å². The van der Waals surface area contributed by atoms with Gasteiger partial charge in [0.25, 0.3) is 0 Å². The number of hydrogen-bond donors (Lipinski definition) is 0. The van der Waals surface area contributed by atoms with Crippen molar-refractivity contribution in [3.63, 3.8) is 0 Å². The molecule has 0 aromatic heterocycles. The first-order chi connectivity index (χ1) is 8.73. The first-order valence-corrected chi connectivity index (χ1v) is 8.16. The van der Waals surface area contributed by atoms with E-state index >= 15 is 0 Å². The Morgan fingerprint density at radius 3 is 2.11 bits per heavy atom. The molecule has 0 bridgehead atoms. The molecule has 0 amide bonds. The number of Topliss-reactive ketones (excluding diaryl/α,β-unsaturated/α-hetero) is 2. The Morgan fingerprint density at radius 1 is 1.11 bits per heavy atom. The number of hydrogen-bond acceptors (Lipinski definition) is 2. The Kier molecular flexibility index (Phi) is 6.81. The zero-order valence-electron chi connectivity index (χ0n) is 9.45. The summed E-state index contributed by atoms with van der Waals surface area (Å²) in [5.41, 5.74) is 0.916. The van der Waals surface area contributed by atoms with E-state index in [-0.39, 0.29) is 10.6 Å². The van der Waals surface area contributed by atoms with Gasteiger partial charge in [0.2, 0.25) is 3.79 Å². The van der Waals surface area contributed by atoms with Crippen molar-refractivity contribution in [2.24, 2.45) is 0 Å². The number of halogens is 5. The summed E-state index contributed by atoms with van der Waals surface area (Å²) in [6, 6.07) is 9.34. The summed E-state index contributed by atoms with van der Waals surface area (Å²) in [7, 11) is 0. The van der Waals surface area contributed by atoms with Crippen molar-refractivity contribution in [3.8, 4) is 0 Å². The summed E-state index contributed by atoms with van der Waals surface area (Å²) in [5.74, 6) is -1.08. The van der Waals surface area contributed by atoms with Gasteiger partial charge in [-0.3, -0.25) is 9.59 Å². The zero-order valence-corrected chi connectivity index (χ0v) is 14.9. The molecule has 1 aromatic rings. The fraction of sp³-hybridized carbons (Fsp3) is 0.333. The van der Waals surface area contributed by atoms with E-state index in [0.29, 0.717) is 0 Å². The van der Waals surface area contributed by atoms with E-state index in [1.54, 1.807) is 0 Å². The number of carbonyl (C=O) groups is 2. The van der Waals surface area contributed by atoms with Crippen LogP contribution in [-0.2, 0) is 9.59 Å². The average Bonchev–Trinajstić information content (AvgIpc) is 2.36. The van der Waals surface area contributed by atoms with Gasteiger partial charge >= 0.3 is 0 Å². The third-order valence-corrected chi connectivity index (χ3v) is 5.77. The van der Waals surface area contributed by atoms with E-state index in [1.165, 1.54) is 0 Å². The Bertz CT molecular complexity index is 460. The second-order valence-electron chi connectivity index (χ2n) is 3.78. The van der Waals surface area contributed by atoms with Gasteiger partial charge < -0.3 is 0 Å². The molecule has 2 atom stereocenters. The Hall–Kier alpha value is 0.390. The van der Waals surface area contributed by atoms with Gasteiger partial charge in [-0.05, 0) is 5.56 Å². The van der Waals surface area contributed by atoms with Gasteiger partial charge in [-0.15, -0.1) is 0 Å². The van der Waals surface area contributed by atoms with Crippen LogP contribution in [0.25, 0.3) is 0 Å². The minimum Gasteiger partial charge on any atom is -0.298 e. The van der Waals surface area contributed by atoms with Crippen LogP contribution in [0.2, 0.25) is 0 Å². The molecule has 0 unspecified atom stereocenters. The summed E-state index contributed by atoms with van der Waals surface area (Å²) in [5, 5.41) is 0. The van der Waals surface area contributed by atoms with Gasteiger partial charge in [0, 0.05) is 0 Å². The number of carbonyl (C=O) groups excluding carboxylic acids is 2. The minimum absolute atomic E-state index is 0.260. The van der Waals surface area contributed by atoms with Crippen LogP contribution in [0.1, 0.15) is 16.8 Å². The van der Waals surface area contributed by atoms with Crippen LogP contribution in [-0.4, -0.2) is 20.2 Å². The van der Waals surface area contributed by atoms with Gasteiger partial charge in [-0.2, -0.15) is 0 Å². The Labute approximate surface area is 143 Å². The molecule has 0 aliphatic carbocycles. The highest BCUT2D eigenvalue weighted by molar-refractivity contribution is 9.12. The lowest BCUT2D eigenvalue weighted by molar-refractivity contribution is -0.126.